The van der Waals surface area contributed by atoms with Crippen molar-refractivity contribution >= 4 is 0 Å². The zero-order chi connectivity index (χ0) is 11.8. The first kappa shape index (κ1) is 13.5. The van der Waals surface area contributed by atoms with Crippen LogP contribution in [-0.2, 0) is 0 Å². The maximum Gasteiger partial charge on any atom is 0.0638 e. The molecule has 1 fully saturated rings. The minimum atomic E-state index is 0.392. The van der Waals surface area contributed by atoms with E-state index in [1.54, 1.807) is 0 Å². The van der Waals surface area contributed by atoms with Crippen LogP contribution in [0.25, 0.3) is 0 Å². The van der Waals surface area contributed by atoms with E-state index in [0.717, 1.165) is 12.3 Å². The van der Waals surface area contributed by atoms with Crippen LogP contribution in [0.15, 0.2) is 0 Å². The Morgan fingerprint density at radius 3 is 2.38 bits per heavy atom. The van der Waals surface area contributed by atoms with Crippen molar-refractivity contribution in [2.75, 3.05) is 0 Å². The largest absolute Gasteiger partial charge is 0.310 e. The zero-order valence-electron chi connectivity index (χ0n) is 10.8. The molecule has 16 heavy (non-hydrogen) atoms. The second-order valence-corrected chi connectivity index (χ2v) is 5.17. The minimum Gasteiger partial charge on any atom is -0.310 e. The molecule has 0 aromatic carbocycles. The van der Waals surface area contributed by atoms with Gasteiger partial charge in [0.2, 0.25) is 0 Å². The van der Waals surface area contributed by atoms with Gasteiger partial charge in [0.15, 0.2) is 0 Å². The van der Waals surface area contributed by atoms with Gasteiger partial charge in [0.1, 0.15) is 0 Å². The molecule has 0 amide bonds. The lowest BCUT2D eigenvalue weighted by Gasteiger charge is -2.27. The molecule has 2 nitrogen and oxygen atoms in total. The average molecular weight is 222 g/mol. The number of nitrogens with zero attached hydrogens (tertiary/aromatic N) is 1. The van der Waals surface area contributed by atoms with Crippen molar-refractivity contribution in [1.29, 1.82) is 5.26 Å². The van der Waals surface area contributed by atoms with Crippen molar-refractivity contribution in [2.45, 2.75) is 77.3 Å². The van der Waals surface area contributed by atoms with Crippen LogP contribution in [0.1, 0.15) is 65.2 Å². The molecule has 1 unspecified atom stereocenters. The maximum absolute atomic E-state index is 8.75. The highest BCUT2D eigenvalue weighted by Gasteiger charge is 2.20. The molecule has 0 bridgehead atoms. The molecule has 1 N–H and O–H groups in total. The zero-order valence-corrected chi connectivity index (χ0v) is 10.8. The van der Waals surface area contributed by atoms with Crippen molar-refractivity contribution in [3.63, 3.8) is 0 Å². The molecule has 1 rings (SSSR count). The summed E-state index contributed by atoms with van der Waals surface area (Å²) in [4.78, 5) is 0. The summed E-state index contributed by atoms with van der Waals surface area (Å²) in [6, 6.07) is 3.25. The second kappa shape index (κ2) is 7.68. The number of hydrogen-bond acceptors (Lipinski definition) is 2. The van der Waals surface area contributed by atoms with Crippen LogP contribution in [0.3, 0.4) is 0 Å². The van der Waals surface area contributed by atoms with E-state index >= 15 is 0 Å². The van der Waals surface area contributed by atoms with Crippen LogP contribution in [0.2, 0.25) is 0 Å². The highest BCUT2D eigenvalue weighted by atomic mass is 14.9. The highest BCUT2D eigenvalue weighted by Crippen LogP contribution is 2.25. The quantitative estimate of drug-likeness (QED) is 0.721. The van der Waals surface area contributed by atoms with Crippen molar-refractivity contribution in [1.82, 2.24) is 5.32 Å². The molecular weight excluding hydrogens is 196 g/mol. The normalized spacial score (nSPS) is 22.1. The first-order chi connectivity index (χ1) is 7.77. The number of nitriles is 1. The molecule has 1 saturated carbocycles. The third-order valence-corrected chi connectivity index (χ3v) is 3.94. The van der Waals surface area contributed by atoms with Gasteiger partial charge in [-0.3, -0.25) is 0 Å². The van der Waals surface area contributed by atoms with Gasteiger partial charge in [0.05, 0.1) is 12.5 Å². The molecule has 0 radical (unpaired) electrons. The Labute approximate surface area is 100 Å². The molecule has 0 aromatic heterocycles. The Kier molecular flexibility index (Phi) is 6.49. The molecule has 0 heterocycles. The summed E-state index contributed by atoms with van der Waals surface area (Å²) < 4.78 is 0. The standard InChI is InChI=1S/C14H26N2/c1-3-14(10-11-15)16-12(2)13-8-6-4-5-7-9-13/h12-14,16H,3-10H2,1-2H3/t12-,14?/m1/s1. The van der Waals surface area contributed by atoms with E-state index in [1.165, 1.54) is 38.5 Å². The van der Waals surface area contributed by atoms with Crippen molar-refractivity contribution < 1.29 is 0 Å². The summed E-state index contributed by atoms with van der Waals surface area (Å²) >= 11 is 0. The first-order valence-corrected chi connectivity index (χ1v) is 6.91. The van der Waals surface area contributed by atoms with E-state index in [1.807, 2.05) is 0 Å². The van der Waals surface area contributed by atoms with Crippen molar-refractivity contribution in [3.8, 4) is 6.07 Å². The maximum atomic E-state index is 8.75. The Morgan fingerprint density at radius 2 is 1.88 bits per heavy atom. The molecule has 0 saturated heterocycles. The minimum absolute atomic E-state index is 0.392. The van der Waals surface area contributed by atoms with Crippen LogP contribution in [0, 0.1) is 17.2 Å². The lowest BCUT2D eigenvalue weighted by atomic mass is 9.92. The molecular formula is C14H26N2. The molecule has 1 aliphatic rings. The Bertz CT molecular complexity index is 211. The predicted octanol–water partition coefficient (Wildman–Crippen LogP) is 3.63. The molecule has 0 aromatic rings. The van der Waals surface area contributed by atoms with E-state index < -0.39 is 0 Å². The Hall–Kier alpha value is -0.550. The molecule has 92 valence electrons. The lowest BCUT2D eigenvalue weighted by Crippen LogP contribution is -2.40. The fourth-order valence-electron chi connectivity index (χ4n) is 2.75. The van der Waals surface area contributed by atoms with E-state index in [9.17, 15) is 0 Å². The van der Waals surface area contributed by atoms with Crippen LogP contribution >= 0.6 is 0 Å². The second-order valence-electron chi connectivity index (χ2n) is 5.17. The SMILES string of the molecule is CCC(CC#N)N[C@H](C)C1CCCCCC1. The number of nitrogens with one attached hydrogen (secondary N) is 1. The van der Waals surface area contributed by atoms with E-state index in [-0.39, 0.29) is 0 Å². The predicted molar refractivity (Wildman–Crippen MR) is 68.1 cm³/mol. The van der Waals surface area contributed by atoms with Crippen LogP contribution in [0.4, 0.5) is 0 Å². The number of rotatable bonds is 5. The highest BCUT2D eigenvalue weighted by molar-refractivity contribution is 4.84. The Morgan fingerprint density at radius 1 is 1.25 bits per heavy atom. The van der Waals surface area contributed by atoms with Gasteiger partial charge in [-0.25, -0.2) is 0 Å². The topological polar surface area (TPSA) is 35.8 Å². The third kappa shape index (κ3) is 4.53. The fourth-order valence-corrected chi connectivity index (χ4v) is 2.75. The smallest absolute Gasteiger partial charge is 0.0638 e. The van der Waals surface area contributed by atoms with Gasteiger partial charge in [0.25, 0.3) is 0 Å². The van der Waals surface area contributed by atoms with Crippen molar-refractivity contribution in [2.24, 2.45) is 5.92 Å². The first-order valence-electron chi connectivity index (χ1n) is 6.91. The summed E-state index contributed by atoms with van der Waals surface area (Å²) in [5.41, 5.74) is 0. The van der Waals surface area contributed by atoms with Crippen LogP contribution in [-0.4, -0.2) is 12.1 Å². The van der Waals surface area contributed by atoms with Gasteiger partial charge < -0.3 is 5.32 Å². The molecule has 2 atom stereocenters. The van der Waals surface area contributed by atoms with Gasteiger partial charge in [-0.2, -0.15) is 5.26 Å². The monoisotopic (exact) mass is 222 g/mol. The molecule has 2 heteroatoms. The summed E-state index contributed by atoms with van der Waals surface area (Å²) in [6.45, 7) is 4.46. The average Bonchev–Trinajstić information content (AvgIpc) is 2.56. The third-order valence-electron chi connectivity index (χ3n) is 3.94. The van der Waals surface area contributed by atoms with Gasteiger partial charge in [-0.15, -0.1) is 0 Å². The van der Waals surface area contributed by atoms with Crippen LogP contribution < -0.4 is 5.32 Å². The molecule has 0 spiro atoms. The van der Waals surface area contributed by atoms with Gasteiger partial charge in [-0.1, -0.05) is 32.6 Å². The number of hydrogen-bond donors (Lipinski definition) is 1. The summed E-state index contributed by atoms with van der Waals surface area (Å²) in [5, 5.41) is 12.4. The van der Waals surface area contributed by atoms with E-state index in [4.69, 9.17) is 5.26 Å². The van der Waals surface area contributed by atoms with Gasteiger partial charge in [-0.05, 0) is 32.1 Å². The van der Waals surface area contributed by atoms with E-state index in [0.29, 0.717) is 18.5 Å². The summed E-state index contributed by atoms with van der Waals surface area (Å²) in [6.07, 6.45) is 10.1. The Balaban J connectivity index is 2.36. The molecule has 1 aliphatic carbocycles. The molecule has 0 aliphatic heterocycles. The van der Waals surface area contributed by atoms with Gasteiger partial charge in [0, 0.05) is 12.1 Å². The van der Waals surface area contributed by atoms with Gasteiger partial charge >= 0.3 is 0 Å². The lowest BCUT2D eigenvalue weighted by molar-refractivity contribution is 0.306. The summed E-state index contributed by atoms with van der Waals surface area (Å²) in [5.74, 6) is 0.829. The van der Waals surface area contributed by atoms with Crippen molar-refractivity contribution in [3.05, 3.63) is 0 Å². The van der Waals surface area contributed by atoms with Crippen LogP contribution in [0.5, 0.6) is 0 Å². The fraction of sp³-hybridized carbons (Fsp3) is 0.929. The van der Waals surface area contributed by atoms with E-state index in [2.05, 4.69) is 25.2 Å². The summed E-state index contributed by atoms with van der Waals surface area (Å²) in [7, 11) is 0.